The number of urea groups is 1. The van der Waals surface area contributed by atoms with Crippen LogP contribution in [0.15, 0.2) is 33.8 Å². The van der Waals surface area contributed by atoms with Gasteiger partial charge in [0, 0.05) is 17.4 Å². The Morgan fingerprint density at radius 3 is 2.90 bits per heavy atom. The van der Waals surface area contributed by atoms with Gasteiger partial charge in [-0.25, -0.2) is 9.80 Å². The lowest BCUT2D eigenvalue weighted by Crippen LogP contribution is -2.24. The molecule has 0 radical (unpaired) electrons. The molecule has 3 rings (SSSR count). The highest BCUT2D eigenvalue weighted by atomic mass is 16.3. The van der Waals surface area contributed by atoms with E-state index in [4.69, 9.17) is 4.42 Å². The molecule has 1 fully saturated rings. The maximum absolute atomic E-state index is 11.4. The number of aryl methyl sites for hydroxylation is 1. The average Bonchev–Trinajstić information content (AvgIpc) is 2.96. The highest BCUT2D eigenvalue weighted by Gasteiger charge is 2.26. The van der Waals surface area contributed by atoms with Gasteiger partial charge in [0.25, 0.3) is 0 Å². The quantitative estimate of drug-likeness (QED) is 0.684. The van der Waals surface area contributed by atoms with Crippen molar-refractivity contribution in [3.05, 3.63) is 35.6 Å². The minimum Gasteiger partial charge on any atom is -0.460 e. The van der Waals surface area contributed by atoms with E-state index in [2.05, 4.69) is 10.4 Å². The summed E-state index contributed by atoms with van der Waals surface area (Å²) in [4.78, 5) is 22.5. The summed E-state index contributed by atoms with van der Waals surface area (Å²) in [7, 11) is 0. The number of imide groups is 1. The first-order valence-corrected chi connectivity index (χ1v) is 6.34. The van der Waals surface area contributed by atoms with Crippen LogP contribution in [0, 0.1) is 0 Å². The summed E-state index contributed by atoms with van der Waals surface area (Å²) in [6.45, 7) is 1.94. The van der Waals surface area contributed by atoms with Crippen molar-refractivity contribution >= 4 is 29.1 Å². The van der Waals surface area contributed by atoms with Crippen LogP contribution in [-0.2, 0) is 11.2 Å². The van der Waals surface area contributed by atoms with E-state index in [1.165, 1.54) is 0 Å². The van der Waals surface area contributed by atoms with Crippen molar-refractivity contribution in [2.45, 2.75) is 13.3 Å². The van der Waals surface area contributed by atoms with Crippen LogP contribution in [0.4, 0.5) is 4.79 Å². The van der Waals surface area contributed by atoms with Crippen LogP contribution >= 0.6 is 0 Å². The first-order valence-electron chi connectivity index (χ1n) is 6.34. The topological polar surface area (TPSA) is 74.9 Å². The zero-order valence-corrected chi connectivity index (χ0v) is 10.9. The molecular weight excluding hydrogens is 258 g/mol. The highest BCUT2D eigenvalue weighted by Crippen LogP contribution is 2.24. The van der Waals surface area contributed by atoms with Gasteiger partial charge in [0.05, 0.1) is 6.21 Å². The normalized spacial score (nSPS) is 15.6. The number of nitrogens with one attached hydrogen (secondary N) is 1. The van der Waals surface area contributed by atoms with Crippen LogP contribution in [0.25, 0.3) is 11.0 Å². The van der Waals surface area contributed by atoms with Crippen LogP contribution in [0.3, 0.4) is 0 Å². The molecule has 6 heteroatoms. The van der Waals surface area contributed by atoms with Crippen molar-refractivity contribution in [1.82, 2.24) is 10.3 Å². The van der Waals surface area contributed by atoms with Crippen molar-refractivity contribution in [3.63, 3.8) is 0 Å². The molecule has 1 N–H and O–H groups in total. The molecule has 1 saturated heterocycles. The van der Waals surface area contributed by atoms with Crippen LogP contribution < -0.4 is 5.32 Å². The Hall–Kier alpha value is -2.63. The smallest absolute Gasteiger partial charge is 0.344 e. The molecule has 0 unspecified atom stereocenters. The lowest BCUT2D eigenvalue weighted by molar-refractivity contribution is -0.118. The lowest BCUT2D eigenvalue weighted by atomic mass is 10.1. The molecule has 1 aromatic heterocycles. The molecule has 3 amide bonds. The highest BCUT2D eigenvalue weighted by molar-refractivity contribution is 6.03. The summed E-state index contributed by atoms with van der Waals surface area (Å²) in [5.74, 6) is 0.459. The number of carbonyl (C=O) groups excluding carboxylic acids is 2. The van der Waals surface area contributed by atoms with Crippen molar-refractivity contribution in [1.29, 1.82) is 0 Å². The minimum atomic E-state index is -0.503. The molecule has 1 aliphatic rings. The number of benzene rings is 1. The molecule has 6 nitrogen and oxygen atoms in total. The summed E-state index contributed by atoms with van der Waals surface area (Å²) >= 11 is 0. The first-order chi connectivity index (χ1) is 9.69. The third kappa shape index (κ3) is 2.05. The first kappa shape index (κ1) is 12.4. The number of hydrogen-bond donors (Lipinski definition) is 1. The number of hydrogen-bond acceptors (Lipinski definition) is 4. The van der Waals surface area contributed by atoms with E-state index in [0.29, 0.717) is 0 Å². The number of furan rings is 1. The van der Waals surface area contributed by atoms with Gasteiger partial charge in [-0.1, -0.05) is 25.1 Å². The Morgan fingerprint density at radius 2 is 2.20 bits per heavy atom. The zero-order valence-electron chi connectivity index (χ0n) is 10.9. The van der Waals surface area contributed by atoms with E-state index in [-0.39, 0.29) is 12.5 Å². The molecule has 1 aliphatic heterocycles. The van der Waals surface area contributed by atoms with Gasteiger partial charge in [-0.05, 0) is 6.07 Å². The fourth-order valence-corrected chi connectivity index (χ4v) is 2.17. The molecule has 0 bridgehead atoms. The number of para-hydroxylation sites is 1. The Balaban J connectivity index is 1.97. The third-order valence-electron chi connectivity index (χ3n) is 3.13. The van der Waals surface area contributed by atoms with Gasteiger partial charge in [-0.15, -0.1) is 0 Å². The van der Waals surface area contributed by atoms with Crippen LogP contribution in [0.5, 0.6) is 0 Å². The second-order valence-corrected chi connectivity index (χ2v) is 4.44. The van der Waals surface area contributed by atoms with Crippen molar-refractivity contribution in [3.8, 4) is 0 Å². The number of nitrogens with zero attached hydrogens (tertiary/aromatic N) is 2. The summed E-state index contributed by atoms with van der Waals surface area (Å²) in [5.41, 5.74) is 1.63. The summed E-state index contributed by atoms with van der Waals surface area (Å²) < 4.78 is 5.73. The molecule has 20 heavy (non-hydrogen) atoms. The minimum absolute atomic E-state index is 0.0490. The largest absolute Gasteiger partial charge is 0.460 e. The van der Waals surface area contributed by atoms with Gasteiger partial charge in [-0.2, -0.15) is 5.10 Å². The van der Waals surface area contributed by atoms with Crippen LogP contribution in [0.2, 0.25) is 0 Å². The maximum Gasteiger partial charge on any atom is 0.344 e. The Bertz CT molecular complexity index is 718. The van der Waals surface area contributed by atoms with Crippen molar-refractivity contribution in [2.75, 3.05) is 6.54 Å². The maximum atomic E-state index is 11.4. The lowest BCUT2D eigenvalue weighted by Gasteiger charge is -2.04. The second kappa shape index (κ2) is 4.80. The van der Waals surface area contributed by atoms with Crippen molar-refractivity contribution < 1.29 is 14.0 Å². The van der Waals surface area contributed by atoms with Crippen LogP contribution in [0.1, 0.15) is 18.2 Å². The fraction of sp³-hybridized carbons (Fsp3) is 0.214. The van der Waals surface area contributed by atoms with Crippen molar-refractivity contribution in [2.24, 2.45) is 5.10 Å². The molecular formula is C14H13N3O3. The SMILES string of the molecule is CCc1oc2ccccc2c1/C=N\N1CC(=O)NC1=O. The van der Waals surface area contributed by atoms with E-state index in [9.17, 15) is 9.59 Å². The predicted octanol–water partition coefficient (Wildman–Crippen LogP) is 1.88. The summed E-state index contributed by atoms with van der Waals surface area (Å²) in [6.07, 6.45) is 2.30. The molecule has 2 heterocycles. The molecule has 2 aromatic rings. The van der Waals surface area contributed by atoms with Gasteiger partial charge < -0.3 is 4.42 Å². The Labute approximate surface area is 115 Å². The summed E-state index contributed by atoms with van der Waals surface area (Å²) in [5, 5.41) is 8.29. The summed E-state index contributed by atoms with van der Waals surface area (Å²) in [6, 6.07) is 7.14. The standard InChI is InChI=1S/C14H13N3O3/c1-2-11-10(9-5-3-4-6-12(9)20-11)7-15-17-8-13(18)16-14(17)19/h3-7H,2,8H2,1H3,(H,16,18,19)/b15-7-. The van der Waals surface area contributed by atoms with Gasteiger partial charge in [0.2, 0.25) is 5.91 Å². The molecule has 102 valence electrons. The van der Waals surface area contributed by atoms with E-state index < -0.39 is 6.03 Å². The molecule has 0 saturated carbocycles. The number of amides is 3. The van der Waals surface area contributed by atoms with E-state index in [0.717, 1.165) is 33.7 Å². The predicted molar refractivity (Wildman–Crippen MR) is 73.4 cm³/mol. The monoisotopic (exact) mass is 271 g/mol. The molecule has 0 spiro atoms. The van der Waals surface area contributed by atoms with Gasteiger partial charge >= 0.3 is 6.03 Å². The fourth-order valence-electron chi connectivity index (χ4n) is 2.17. The molecule has 1 aromatic carbocycles. The molecule has 0 atom stereocenters. The van der Waals surface area contributed by atoms with E-state index in [1.54, 1.807) is 6.21 Å². The Kier molecular flexibility index (Phi) is 2.98. The third-order valence-corrected chi connectivity index (χ3v) is 3.13. The molecule has 0 aliphatic carbocycles. The van der Waals surface area contributed by atoms with E-state index in [1.807, 2.05) is 31.2 Å². The number of hydrazone groups is 1. The Morgan fingerprint density at radius 1 is 1.40 bits per heavy atom. The number of rotatable bonds is 3. The van der Waals surface area contributed by atoms with E-state index >= 15 is 0 Å². The van der Waals surface area contributed by atoms with Gasteiger partial charge in [0.15, 0.2) is 0 Å². The van der Waals surface area contributed by atoms with Gasteiger partial charge in [-0.3, -0.25) is 10.1 Å². The van der Waals surface area contributed by atoms with Gasteiger partial charge in [0.1, 0.15) is 17.9 Å². The zero-order chi connectivity index (χ0) is 14.1. The number of carbonyl (C=O) groups is 2. The number of fused-ring (bicyclic) bond motifs is 1. The van der Waals surface area contributed by atoms with Crippen LogP contribution in [-0.4, -0.2) is 29.7 Å². The average molecular weight is 271 g/mol. The second-order valence-electron chi connectivity index (χ2n) is 4.44.